The van der Waals surface area contributed by atoms with Crippen LogP contribution in [-0.2, 0) is 18.4 Å². The van der Waals surface area contributed by atoms with Crippen molar-refractivity contribution in [3.63, 3.8) is 0 Å². The van der Waals surface area contributed by atoms with Crippen molar-refractivity contribution in [3.05, 3.63) is 65.5 Å². The van der Waals surface area contributed by atoms with Gasteiger partial charge in [-0.05, 0) is 42.7 Å². The third-order valence-electron chi connectivity index (χ3n) is 4.73. The van der Waals surface area contributed by atoms with E-state index in [1.54, 1.807) is 23.1 Å². The summed E-state index contributed by atoms with van der Waals surface area (Å²) in [5.41, 5.74) is 2.55. The summed E-state index contributed by atoms with van der Waals surface area (Å²) in [6, 6.07) is 8.90. The largest absolute Gasteiger partial charge is 0.353 e. The molecule has 7 heteroatoms. The van der Waals surface area contributed by atoms with Gasteiger partial charge in [-0.3, -0.25) is 4.79 Å². The third kappa shape index (κ3) is 6.66. The SMILES string of the molecule is C=CCN(CC(=O)N(Cc1cccn1C)CC(C)C)C(=O)Nc1ccc(C)c(Cl)c1. The number of aromatic nitrogens is 1. The van der Waals surface area contributed by atoms with Crippen molar-refractivity contribution in [1.29, 1.82) is 0 Å². The van der Waals surface area contributed by atoms with Crippen LogP contribution in [0, 0.1) is 12.8 Å². The Balaban J connectivity index is 2.11. The maximum atomic E-state index is 13.1. The van der Waals surface area contributed by atoms with Crippen LogP contribution in [0.2, 0.25) is 5.02 Å². The van der Waals surface area contributed by atoms with Crippen LogP contribution in [0.5, 0.6) is 0 Å². The van der Waals surface area contributed by atoms with Gasteiger partial charge in [0.15, 0.2) is 0 Å². The van der Waals surface area contributed by atoms with Crippen molar-refractivity contribution < 1.29 is 9.59 Å². The summed E-state index contributed by atoms with van der Waals surface area (Å²) in [6.45, 7) is 11.1. The summed E-state index contributed by atoms with van der Waals surface area (Å²) >= 11 is 6.15. The molecule has 0 saturated heterocycles. The number of carbonyl (C=O) groups excluding carboxylic acids is 2. The lowest BCUT2D eigenvalue weighted by Crippen LogP contribution is -2.45. The summed E-state index contributed by atoms with van der Waals surface area (Å²) in [5.74, 6) is 0.203. The first-order valence-electron chi connectivity index (χ1n) is 10.0. The number of rotatable bonds is 9. The van der Waals surface area contributed by atoms with E-state index in [4.69, 9.17) is 11.6 Å². The Kier molecular flexibility index (Phi) is 8.54. The second kappa shape index (κ2) is 10.9. The molecule has 1 aromatic carbocycles. The molecule has 0 aliphatic rings. The minimum Gasteiger partial charge on any atom is -0.353 e. The zero-order valence-corrected chi connectivity index (χ0v) is 18.9. The molecule has 1 aromatic heterocycles. The summed E-state index contributed by atoms with van der Waals surface area (Å²) < 4.78 is 2.00. The van der Waals surface area contributed by atoms with Crippen molar-refractivity contribution in [1.82, 2.24) is 14.4 Å². The van der Waals surface area contributed by atoms with Crippen molar-refractivity contribution in [2.75, 3.05) is 25.0 Å². The lowest BCUT2D eigenvalue weighted by molar-refractivity contribution is -0.132. The average Bonchev–Trinajstić information content (AvgIpc) is 3.08. The van der Waals surface area contributed by atoms with Crippen LogP contribution in [-0.4, -0.2) is 45.9 Å². The molecule has 1 heterocycles. The highest BCUT2D eigenvalue weighted by atomic mass is 35.5. The summed E-state index contributed by atoms with van der Waals surface area (Å²) in [7, 11) is 1.96. The topological polar surface area (TPSA) is 57.6 Å². The van der Waals surface area contributed by atoms with Crippen LogP contribution in [0.3, 0.4) is 0 Å². The molecule has 0 spiro atoms. The van der Waals surface area contributed by atoms with Gasteiger partial charge >= 0.3 is 6.03 Å². The van der Waals surface area contributed by atoms with Crippen molar-refractivity contribution in [2.24, 2.45) is 13.0 Å². The highest BCUT2D eigenvalue weighted by Crippen LogP contribution is 2.20. The lowest BCUT2D eigenvalue weighted by Gasteiger charge is -2.28. The van der Waals surface area contributed by atoms with Crippen molar-refractivity contribution >= 4 is 29.2 Å². The van der Waals surface area contributed by atoms with Gasteiger partial charge in [0.05, 0.1) is 6.54 Å². The van der Waals surface area contributed by atoms with Crippen LogP contribution in [0.15, 0.2) is 49.2 Å². The van der Waals surface area contributed by atoms with Gasteiger partial charge in [-0.15, -0.1) is 6.58 Å². The monoisotopic (exact) mass is 430 g/mol. The van der Waals surface area contributed by atoms with E-state index in [0.29, 0.717) is 29.7 Å². The fraction of sp³-hybridized carbons (Fsp3) is 0.391. The zero-order valence-electron chi connectivity index (χ0n) is 18.2. The predicted octanol–water partition coefficient (Wildman–Crippen LogP) is 4.69. The molecule has 0 aliphatic heterocycles. The van der Waals surface area contributed by atoms with Gasteiger partial charge < -0.3 is 19.7 Å². The molecule has 0 radical (unpaired) electrons. The van der Waals surface area contributed by atoms with Crippen LogP contribution in [0.1, 0.15) is 25.1 Å². The number of aryl methyl sites for hydroxylation is 2. The molecule has 30 heavy (non-hydrogen) atoms. The quantitative estimate of drug-likeness (QED) is 0.586. The molecule has 0 fully saturated rings. The third-order valence-corrected chi connectivity index (χ3v) is 5.14. The Morgan fingerprint density at radius 1 is 1.27 bits per heavy atom. The minimum atomic E-state index is -0.369. The van der Waals surface area contributed by atoms with Gasteiger partial charge in [0.25, 0.3) is 0 Å². The molecular formula is C23H31ClN4O2. The van der Waals surface area contributed by atoms with E-state index in [1.807, 2.05) is 42.9 Å². The molecule has 0 unspecified atom stereocenters. The first kappa shape index (κ1) is 23.5. The Bertz CT molecular complexity index is 891. The molecule has 2 rings (SSSR count). The van der Waals surface area contributed by atoms with E-state index in [-0.39, 0.29) is 25.0 Å². The number of benzene rings is 1. The molecule has 2 aromatic rings. The molecule has 1 N–H and O–H groups in total. The molecule has 0 bridgehead atoms. The minimum absolute atomic E-state index is 0.0331. The zero-order chi connectivity index (χ0) is 22.3. The average molecular weight is 431 g/mol. The van der Waals surface area contributed by atoms with E-state index in [9.17, 15) is 9.59 Å². The fourth-order valence-corrected chi connectivity index (χ4v) is 3.24. The number of halogens is 1. The van der Waals surface area contributed by atoms with Gasteiger partial charge in [0.1, 0.15) is 6.54 Å². The van der Waals surface area contributed by atoms with Gasteiger partial charge in [0, 0.05) is 42.7 Å². The van der Waals surface area contributed by atoms with Crippen LogP contribution in [0.4, 0.5) is 10.5 Å². The van der Waals surface area contributed by atoms with Crippen LogP contribution < -0.4 is 5.32 Å². The molecule has 3 amide bonds. The highest BCUT2D eigenvalue weighted by Gasteiger charge is 2.22. The molecule has 162 valence electrons. The fourth-order valence-electron chi connectivity index (χ4n) is 3.06. The molecule has 6 nitrogen and oxygen atoms in total. The Labute approximate surface area is 184 Å². The first-order valence-corrected chi connectivity index (χ1v) is 10.4. The number of amides is 3. The highest BCUT2D eigenvalue weighted by molar-refractivity contribution is 6.31. The molecular weight excluding hydrogens is 400 g/mol. The number of carbonyl (C=O) groups is 2. The van der Waals surface area contributed by atoms with E-state index in [0.717, 1.165) is 11.3 Å². The van der Waals surface area contributed by atoms with Crippen molar-refractivity contribution in [2.45, 2.75) is 27.3 Å². The van der Waals surface area contributed by atoms with Gasteiger partial charge in [-0.2, -0.15) is 0 Å². The van der Waals surface area contributed by atoms with Gasteiger partial charge in [0.2, 0.25) is 5.91 Å². The van der Waals surface area contributed by atoms with E-state index in [1.165, 1.54) is 4.90 Å². The summed E-state index contributed by atoms with van der Waals surface area (Å²) in [5, 5.41) is 3.39. The van der Waals surface area contributed by atoms with E-state index < -0.39 is 0 Å². The summed E-state index contributed by atoms with van der Waals surface area (Å²) in [4.78, 5) is 29.1. The number of urea groups is 1. The number of hydrogen-bond donors (Lipinski definition) is 1. The van der Waals surface area contributed by atoms with E-state index >= 15 is 0 Å². The normalized spacial score (nSPS) is 10.7. The Hall–Kier alpha value is -2.73. The maximum Gasteiger partial charge on any atom is 0.322 e. The molecule has 0 saturated carbocycles. The second-order valence-electron chi connectivity index (χ2n) is 7.84. The first-order chi connectivity index (χ1) is 14.2. The van der Waals surface area contributed by atoms with Gasteiger partial charge in [-0.1, -0.05) is 37.6 Å². The van der Waals surface area contributed by atoms with Crippen LogP contribution >= 0.6 is 11.6 Å². The number of nitrogens with one attached hydrogen (secondary N) is 1. The lowest BCUT2D eigenvalue weighted by atomic mass is 10.2. The second-order valence-corrected chi connectivity index (χ2v) is 8.25. The number of anilines is 1. The molecule has 0 atom stereocenters. The standard InChI is InChI=1S/C23H31ClN4O2/c1-6-11-27(23(30)25-19-10-9-18(4)21(24)13-19)16-22(29)28(14-17(2)3)15-20-8-7-12-26(20)5/h6-10,12-13,17H,1,11,14-16H2,2-5H3,(H,25,30). The Morgan fingerprint density at radius 2 is 2.00 bits per heavy atom. The maximum absolute atomic E-state index is 13.1. The Morgan fingerprint density at radius 3 is 2.57 bits per heavy atom. The smallest absolute Gasteiger partial charge is 0.322 e. The van der Waals surface area contributed by atoms with Crippen molar-refractivity contribution in [3.8, 4) is 0 Å². The van der Waals surface area contributed by atoms with Gasteiger partial charge in [-0.25, -0.2) is 4.79 Å². The number of nitrogens with zero attached hydrogens (tertiary/aromatic N) is 3. The van der Waals surface area contributed by atoms with E-state index in [2.05, 4.69) is 25.7 Å². The van der Waals surface area contributed by atoms with Crippen LogP contribution in [0.25, 0.3) is 0 Å². The number of hydrogen-bond acceptors (Lipinski definition) is 2. The predicted molar refractivity (Wildman–Crippen MR) is 123 cm³/mol. The molecule has 0 aliphatic carbocycles. The summed E-state index contributed by atoms with van der Waals surface area (Å²) in [6.07, 6.45) is 3.57.